The number of nitrogens with zero attached hydrogens (tertiary/aromatic N) is 2. The number of fused-ring (bicyclic) bond motifs is 1. The van der Waals surface area contributed by atoms with Crippen LogP contribution < -0.4 is 19.6 Å². The van der Waals surface area contributed by atoms with Gasteiger partial charge in [0.1, 0.15) is 18.2 Å². The lowest BCUT2D eigenvalue weighted by Crippen LogP contribution is -2.40. The van der Waals surface area contributed by atoms with Crippen molar-refractivity contribution >= 4 is 85.9 Å². The highest BCUT2D eigenvalue weighted by molar-refractivity contribution is 14.1. The molecule has 6 nitrogen and oxygen atoms in total. The van der Waals surface area contributed by atoms with Gasteiger partial charge in [0.15, 0.2) is 4.80 Å². The van der Waals surface area contributed by atoms with E-state index in [0.717, 1.165) is 18.3 Å². The summed E-state index contributed by atoms with van der Waals surface area (Å²) in [5.41, 5.74) is 3.12. The number of hydrogen-bond acceptors (Lipinski definition) is 6. The zero-order valence-electron chi connectivity index (χ0n) is 24.2. The number of halogens is 4. The fraction of sp³-hybridized carbons (Fsp3) is 0.114. The molecule has 1 aliphatic heterocycles. The molecule has 0 radical (unpaired) electrons. The standard InChI is InChI=1S/C35H24ClFI2N2O4S/c1-2-44-34(43)29-30(21-8-4-3-5-9-21)40-35-41(31(29)22-12-14-24(36)15-13-22)33(42)28(46-35)18-20-16-26(38)32(27(39)17-20)45-19-23-10-6-7-11-25(23)37/h3-18,31H,2,19H2,1H3/b28-18-/t31-/m0/s1. The Kier molecular flexibility index (Phi) is 10.1. The monoisotopic (exact) mass is 876 g/mol. The summed E-state index contributed by atoms with van der Waals surface area (Å²) in [4.78, 5) is 33.1. The van der Waals surface area contributed by atoms with Crippen LogP contribution >= 0.6 is 68.1 Å². The molecule has 4 aromatic carbocycles. The van der Waals surface area contributed by atoms with Gasteiger partial charge < -0.3 is 9.47 Å². The number of hydrogen-bond donors (Lipinski definition) is 0. The second-order valence-electron chi connectivity index (χ2n) is 10.2. The van der Waals surface area contributed by atoms with Crippen LogP contribution in [0, 0.1) is 13.0 Å². The van der Waals surface area contributed by atoms with Gasteiger partial charge in [-0.1, -0.05) is 83.6 Å². The van der Waals surface area contributed by atoms with Crippen LogP contribution in [-0.4, -0.2) is 17.1 Å². The maximum absolute atomic E-state index is 14.2. The molecule has 232 valence electrons. The molecular formula is C35H24ClFI2N2O4S. The number of carbonyl (C=O) groups excluding carboxylic acids is 1. The van der Waals surface area contributed by atoms with Crippen LogP contribution in [0.4, 0.5) is 4.39 Å². The van der Waals surface area contributed by atoms with Gasteiger partial charge in [0.2, 0.25) is 0 Å². The molecule has 0 spiro atoms. The largest absolute Gasteiger partial charge is 0.487 e. The van der Waals surface area contributed by atoms with Gasteiger partial charge in [0.05, 0.1) is 35.6 Å². The molecule has 0 unspecified atom stereocenters. The molecule has 0 saturated carbocycles. The first-order valence-electron chi connectivity index (χ1n) is 14.1. The number of aromatic nitrogens is 1. The van der Waals surface area contributed by atoms with Gasteiger partial charge in [0, 0.05) is 16.1 Å². The van der Waals surface area contributed by atoms with E-state index in [1.807, 2.05) is 60.7 Å². The summed E-state index contributed by atoms with van der Waals surface area (Å²) in [6.45, 7) is 2.00. The Morgan fingerprint density at radius 2 is 1.70 bits per heavy atom. The third-order valence-electron chi connectivity index (χ3n) is 7.21. The molecule has 0 aliphatic carbocycles. The number of thiazole rings is 1. The van der Waals surface area contributed by atoms with Crippen molar-refractivity contribution in [3.63, 3.8) is 0 Å². The molecule has 0 saturated heterocycles. The van der Waals surface area contributed by atoms with E-state index in [1.54, 1.807) is 41.8 Å². The topological polar surface area (TPSA) is 69.9 Å². The maximum Gasteiger partial charge on any atom is 0.338 e. The molecule has 1 atom stereocenters. The van der Waals surface area contributed by atoms with Crippen molar-refractivity contribution in [1.29, 1.82) is 0 Å². The predicted octanol–water partition coefficient (Wildman–Crippen LogP) is 7.52. The fourth-order valence-corrected chi connectivity index (χ4v) is 8.37. The number of rotatable bonds is 8. The molecule has 46 heavy (non-hydrogen) atoms. The molecule has 1 aromatic heterocycles. The third-order valence-corrected chi connectivity index (χ3v) is 10.0. The summed E-state index contributed by atoms with van der Waals surface area (Å²) < 4.78 is 29.3. The van der Waals surface area contributed by atoms with E-state index >= 15 is 0 Å². The average molecular weight is 877 g/mol. The first-order valence-corrected chi connectivity index (χ1v) is 17.5. The second kappa shape index (κ2) is 14.2. The SMILES string of the molecule is CCOC(=O)C1=C(c2ccccc2)N=c2s/c(=C\c3cc(I)c(OCc4ccccc4F)c(I)c3)c(=O)n2[C@H]1c1ccc(Cl)cc1. The summed E-state index contributed by atoms with van der Waals surface area (Å²) in [7, 11) is 0. The van der Waals surface area contributed by atoms with E-state index in [-0.39, 0.29) is 30.2 Å². The number of ether oxygens (including phenoxy) is 2. The lowest BCUT2D eigenvalue weighted by molar-refractivity contribution is -0.138. The lowest BCUT2D eigenvalue weighted by Gasteiger charge is -2.25. The summed E-state index contributed by atoms with van der Waals surface area (Å²) >= 11 is 11.8. The van der Waals surface area contributed by atoms with Gasteiger partial charge >= 0.3 is 5.97 Å². The average Bonchev–Trinajstić information content (AvgIpc) is 3.35. The van der Waals surface area contributed by atoms with Crippen molar-refractivity contribution in [1.82, 2.24) is 4.57 Å². The normalized spacial score (nSPS) is 14.5. The van der Waals surface area contributed by atoms with E-state index in [2.05, 4.69) is 45.2 Å². The first kappa shape index (κ1) is 32.6. The van der Waals surface area contributed by atoms with E-state index in [9.17, 15) is 14.0 Å². The van der Waals surface area contributed by atoms with Crippen molar-refractivity contribution < 1.29 is 18.7 Å². The summed E-state index contributed by atoms with van der Waals surface area (Å²) in [6.07, 6.45) is 1.81. The van der Waals surface area contributed by atoms with Gasteiger partial charge in [-0.05, 0) is 99.6 Å². The molecule has 0 bridgehead atoms. The highest BCUT2D eigenvalue weighted by Crippen LogP contribution is 2.36. The number of esters is 1. The van der Waals surface area contributed by atoms with E-state index in [0.29, 0.717) is 36.9 Å². The third kappa shape index (κ3) is 6.71. The van der Waals surface area contributed by atoms with Crippen molar-refractivity contribution in [2.75, 3.05) is 6.61 Å². The second-order valence-corrected chi connectivity index (χ2v) is 13.9. The Hall–Kier alpha value is -3.33. The van der Waals surface area contributed by atoms with Gasteiger partial charge in [0.25, 0.3) is 5.56 Å². The minimum atomic E-state index is -0.792. The van der Waals surface area contributed by atoms with Crippen LogP contribution in [0.2, 0.25) is 5.02 Å². The Morgan fingerprint density at radius 1 is 1.02 bits per heavy atom. The molecule has 2 heterocycles. The van der Waals surface area contributed by atoms with Crippen molar-refractivity contribution in [3.05, 3.63) is 156 Å². The highest BCUT2D eigenvalue weighted by Gasteiger charge is 2.35. The molecule has 1 aliphatic rings. The summed E-state index contributed by atoms with van der Waals surface area (Å²) in [6, 6.07) is 26.0. The highest BCUT2D eigenvalue weighted by atomic mass is 127. The van der Waals surface area contributed by atoms with Gasteiger partial charge in [-0.3, -0.25) is 9.36 Å². The fourth-order valence-electron chi connectivity index (χ4n) is 5.12. The van der Waals surface area contributed by atoms with Crippen LogP contribution in [0.25, 0.3) is 11.8 Å². The Balaban J connectivity index is 1.48. The van der Waals surface area contributed by atoms with Gasteiger partial charge in [-0.25, -0.2) is 14.2 Å². The molecule has 5 aromatic rings. The Morgan fingerprint density at radius 3 is 2.37 bits per heavy atom. The quantitative estimate of drug-likeness (QED) is 0.120. The van der Waals surface area contributed by atoms with Crippen LogP contribution in [0.1, 0.15) is 35.2 Å². The first-order chi connectivity index (χ1) is 22.2. The minimum absolute atomic E-state index is 0.0911. The van der Waals surface area contributed by atoms with E-state index in [1.165, 1.54) is 17.4 Å². The molecule has 0 amide bonds. The molecule has 6 rings (SSSR count). The van der Waals surface area contributed by atoms with Gasteiger partial charge in [-0.15, -0.1) is 0 Å². The van der Waals surface area contributed by atoms with E-state index < -0.39 is 12.0 Å². The van der Waals surface area contributed by atoms with Crippen molar-refractivity contribution in [2.24, 2.45) is 4.99 Å². The molecule has 0 N–H and O–H groups in total. The van der Waals surface area contributed by atoms with Crippen LogP contribution in [0.15, 0.2) is 106 Å². The Bertz CT molecular complexity index is 2140. The summed E-state index contributed by atoms with van der Waals surface area (Å²) in [5, 5.41) is 0.534. The van der Waals surface area contributed by atoms with E-state index in [4.69, 9.17) is 26.1 Å². The van der Waals surface area contributed by atoms with Crippen molar-refractivity contribution in [3.8, 4) is 5.75 Å². The van der Waals surface area contributed by atoms with Crippen LogP contribution in [-0.2, 0) is 16.1 Å². The predicted molar refractivity (Wildman–Crippen MR) is 195 cm³/mol. The summed E-state index contributed by atoms with van der Waals surface area (Å²) in [5.74, 6) is -0.232. The molecule has 11 heteroatoms. The number of carbonyl (C=O) groups is 1. The number of benzene rings is 4. The zero-order valence-corrected chi connectivity index (χ0v) is 30.1. The minimum Gasteiger partial charge on any atom is -0.487 e. The lowest BCUT2D eigenvalue weighted by atomic mass is 9.93. The van der Waals surface area contributed by atoms with Gasteiger partial charge in [-0.2, -0.15) is 0 Å². The van der Waals surface area contributed by atoms with Crippen LogP contribution in [0.3, 0.4) is 0 Å². The zero-order chi connectivity index (χ0) is 32.4. The van der Waals surface area contributed by atoms with Crippen LogP contribution in [0.5, 0.6) is 5.75 Å². The molecular weight excluding hydrogens is 853 g/mol. The molecule has 0 fully saturated rings. The smallest absolute Gasteiger partial charge is 0.338 e. The van der Waals surface area contributed by atoms with Crippen molar-refractivity contribution in [2.45, 2.75) is 19.6 Å². The Labute approximate surface area is 300 Å². The maximum atomic E-state index is 14.2.